The van der Waals surface area contributed by atoms with Crippen LogP contribution in [0.2, 0.25) is 0 Å². The van der Waals surface area contributed by atoms with Crippen LogP contribution in [0.4, 0.5) is 5.69 Å². The first-order valence-corrected chi connectivity index (χ1v) is 10.1. The zero-order valence-corrected chi connectivity index (χ0v) is 16.5. The number of carbonyl (C=O) groups is 1. The van der Waals surface area contributed by atoms with Gasteiger partial charge in [0.05, 0.1) is 12.0 Å². The summed E-state index contributed by atoms with van der Waals surface area (Å²) in [7, 11) is -0.816. The number of rotatable bonds is 6. The summed E-state index contributed by atoms with van der Waals surface area (Å²) in [5.41, 5.74) is 1.21. The minimum Gasteiger partial charge on any atom is -0.497 e. The minimum atomic E-state index is -3.74. The molecule has 0 spiro atoms. The molecule has 1 aliphatic rings. The summed E-state index contributed by atoms with van der Waals surface area (Å²) in [4.78, 5) is 11.9. The average Bonchev–Trinajstić information content (AvgIpc) is 2.90. The van der Waals surface area contributed by atoms with Gasteiger partial charge >= 0.3 is 0 Å². The Morgan fingerprint density at radius 3 is 2.79 bits per heavy atom. The zero-order valence-electron chi connectivity index (χ0n) is 15.7. The van der Waals surface area contributed by atoms with Gasteiger partial charge in [-0.1, -0.05) is 6.07 Å². The van der Waals surface area contributed by atoms with Crippen molar-refractivity contribution in [3.63, 3.8) is 0 Å². The molecule has 0 aliphatic carbocycles. The maximum Gasteiger partial charge on any atom is 0.250 e. The summed E-state index contributed by atoms with van der Waals surface area (Å²) in [6.07, 6.45) is 0. The molecule has 3 rings (SSSR count). The molecule has 0 saturated carbocycles. The average molecular weight is 406 g/mol. The molecule has 0 atom stereocenters. The number of hydrogen-bond donors (Lipinski definition) is 1. The van der Waals surface area contributed by atoms with Gasteiger partial charge in [-0.15, -0.1) is 0 Å². The van der Waals surface area contributed by atoms with Crippen LogP contribution in [0, 0.1) is 0 Å². The van der Waals surface area contributed by atoms with Crippen molar-refractivity contribution in [2.24, 2.45) is 0 Å². The fraction of sp³-hybridized carbons (Fsp3) is 0.316. The number of carbonyl (C=O) groups excluding carboxylic acids is 1. The molecule has 0 aromatic heterocycles. The normalized spacial score (nSPS) is 14.5. The highest BCUT2D eigenvalue weighted by molar-refractivity contribution is 7.89. The van der Waals surface area contributed by atoms with E-state index in [2.05, 4.69) is 5.32 Å². The predicted octanol–water partition coefficient (Wildman–Crippen LogP) is 1.86. The molecule has 0 bridgehead atoms. The number of sulfonamides is 1. The highest BCUT2D eigenvalue weighted by Crippen LogP contribution is 2.30. The first kappa shape index (κ1) is 20.1. The Morgan fingerprint density at radius 2 is 2.04 bits per heavy atom. The molecule has 0 radical (unpaired) electrons. The number of ether oxygens (including phenoxy) is 3. The second kappa shape index (κ2) is 8.59. The van der Waals surface area contributed by atoms with Gasteiger partial charge in [-0.25, -0.2) is 8.42 Å². The largest absolute Gasteiger partial charge is 0.497 e. The maximum absolute atomic E-state index is 13.1. The molecule has 2 aromatic carbocycles. The Kier molecular flexibility index (Phi) is 6.18. The maximum atomic E-state index is 13.1. The van der Waals surface area contributed by atoms with Gasteiger partial charge in [0.25, 0.3) is 0 Å². The summed E-state index contributed by atoms with van der Waals surface area (Å²) < 4.78 is 43.2. The second-order valence-electron chi connectivity index (χ2n) is 6.17. The number of amides is 1. The first-order valence-electron chi connectivity index (χ1n) is 8.63. The van der Waals surface area contributed by atoms with Crippen LogP contribution in [0.1, 0.15) is 5.56 Å². The standard InChI is InChI=1S/C19H22N2O6S/c1-25-13-19(22)20-15-6-7-18-14(10-15)12-21(8-9-27-18)28(23,24)17-5-3-4-16(11-17)26-2/h3-7,10-11H,8-9,12-13H2,1-2H3,(H,20,22). The fourth-order valence-electron chi connectivity index (χ4n) is 2.89. The number of anilines is 1. The number of fused-ring (bicyclic) bond motifs is 1. The van der Waals surface area contributed by atoms with E-state index in [1.165, 1.54) is 30.7 Å². The second-order valence-corrected chi connectivity index (χ2v) is 8.11. The number of nitrogens with one attached hydrogen (secondary N) is 1. The molecule has 1 heterocycles. The van der Waals surface area contributed by atoms with Crippen molar-refractivity contribution >= 4 is 21.6 Å². The van der Waals surface area contributed by atoms with Crippen LogP contribution in [-0.4, -0.2) is 52.6 Å². The predicted molar refractivity (Wildman–Crippen MR) is 103 cm³/mol. The van der Waals surface area contributed by atoms with E-state index in [1.807, 2.05) is 0 Å². The topological polar surface area (TPSA) is 94.2 Å². The van der Waals surface area contributed by atoms with Crippen molar-refractivity contribution in [3.05, 3.63) is 48.0 Å². The van der Waals surface area contributed by atoms with Crippen LogP contribution in [0.25, 0.3) is 0 Å². The van der Waals surface area contributed by atoms with E-state index in [0.717, 1.165) is 0 Å². The van der Waals surface area contributed by atoms with Crippen molar-refractivity contribution < 1.29 is 27.4 Å². The Morgan fingerprint density at radius 1 is 1.21 bits per heavy atom. The van der Waals surface area contributed by atoms with Gasteiger partial charge in [0.2, 0.25) is 15.9 Å². The van der Waals surface area contributed by atoms with Crippen LogP contribution in [0.15, 0.2) is 47.4 Å². The third-order valence-corrected chi connectivity index (χ3v) is 6.08. The van der Waals surface area contributed by atoms with E-state index in [4.69, 9.17) is 14.2 Å². The Balaban J connectivity index is 1.87. The van der Waals surface area contributed by atoms with Gasteiger partial charge < -0.3 is 19.5 Å². The monoisotopic (exact) mass is 406 g/mol. The lowest BCUT2D eigenvalue weighted by Gasteiger charge is -2.20. The molecule has 8 nitrogen and oxygen atoms in total. The molecule has 0 fully saturated rings. The molecule has 1 aliphatic heterocycles. The summed E-state index contributed by atoms with van der Waals surface area (Å²) in [5.74, 6) is 0.765. The zero-order chi connectivity index (χ0) is 20.1. The third kappa shape index (κ3) is 4.44. The lowest BCUT2D eigenvalue weighted by Crippen LogP contribution is -2.32. The van der Waals surface area contributed by atoms with E-state index in [0.29, 0.717) is 22.7 Å². The van der Waals surface area contributed by atoms with Crippen molar-refractivity contribution in [1.29, 1.82) is 0 Å². The first-order chi connectivity index (χ1) is 13.4. The molecule has 9 heteroatoms. The minimum absolute atomic E-state index is 0.0655. The molecule has 0 saturated heterocycles. The molecule has 150 valence electrons. The Hall–Kier alpha value is -2.62. The van der Waals surface area contributed by atoms with Gasteiger partial charge in [-0.05, 0) is 30.3 Å². The van der Waals surface area contributed by atoms with E-state index in [-0.39, 0.29) is 37.1 Å². The van der Waals surface area contributed by atoms with Crippen LogP contribution in [0.5, 0.6) is 11.5 Å². The van der Waals surface area contributed by atoms with Gasteiger partial charge in [0, 0.05) is 37.5 Å². The van der Waals surface area contributed by atoms with E-state index < -0.39 is 10.0 Å². The molecule has 0 unspecified atom stereocenters. The summed E-state index contributed by atoms with van der Waals surface area (Å²) in [6, 6.07) is 11.5. The van der Waals surface area contributed by atoms with Crippen molar-refractivity contribution in [2.45, 2.75) is 11.4 Å². The molecule has 2 aromatic rings. The van der Waals surface area contributed by atoms with Gasteiger partial charge in [0.1, 0.15) is 24.7 Å². The summed E-state index contributed by atoms with van der Waals surface area (Å²) in [6.45, 7) is 0.498. The SMILES string of the molecule is COCC(=O)Nc1ccc2c(c1)CN(S(=O)(=O)c1cccc(OC)c1)CCO2. The van der Waals surface area contributed by atoms with E-state index in [1.54, 1.807) is 30.3 Å². The Bertz CT molecular complexity index is 961. The lowest BCUT2D eigenvalue weighted by molar-refractivity contribution is -0.119. The van der Waals surface area contributed by atoms with Gasteiger partial charge in [0.15, 0.2) is 0 Å². The molecular weight excluding hydrogens is 384 g/mol. The van der Waals surface area contributed by atoms with Crippen LogP contribution >= 0.6 is 0 Å². The smallest absolute Gasteiger partial charge is 0.250 e. The molecule has 28 heavy (non-hydrogen) atoms. The van der Waals surface area contributed by atoms with Crippen LogP contribution < -0.4 is 14.8 Å². The van der Waals surface area contributed by atoms with Crippen LogP contribution in [0.3, 0.4) is 0 Å². The fourth-order valence-corrected chi connectivity index (χ4v) is 4.33. The number of methoxy groups -OCH3 is 2. The van der Waals surface area contributed by atoms with Crippen molar-refractivity contribution in [1.82, 2.24) is 4.31 Å². The Labute approximate surface area is 164 Å². The summed E-state index contributed by atoms with van der Waals surface area (Å²) in [5, 5.41) is 2.71. The highest BCUT2D eigenvalue weighted by atomic mass is 32.2. The number of hydrogen-bond acceptors (Lipinski definition) is 6. The van der Waals surface area contributed by atoms with E-state index >= 15 is 0 Å². The number of benzene rings is 2. The quantitative estimate of drug-likeness (QED) is 0.787. The van der Waals surface area contributed by atoms with Gasteiger partial charge in [-0.2, -0.15) is 4.31 Å². The number of nitrogens with zero attached hydrogens (tertiary/aromatic N) is 1. The molecular formula is C19H22N2O6S. The molecule has 1 N–H and O–H groups in total. The van der Waals surface area contributed by atoms with E-state index in [9.17, 15) is 13.2 Å². The third-order valence-electron chi connectivity index (χ3n) is 4.24. The molecule has 1 amide bonds. The van der Waals surface area contributed by atoms with Gasteiger partial charge in [-0.3, -0.25) is 4.79 Å². The highest BCUT2D eigenvalue weighted by Gasteiger charge is 2.28. The van der Waals surface area contributed by atoms with Crippen LogP contribution in [-0.2, 0) is 26.1 Å². The lowest BCUT2D eigenvalue weighted by atomic mass is 10.1. The summed E-state index contributed by atoms with van der Waals surface area (Å²) >= 11 is 0. The van der Waals surface area contributed by atoms with Crippen molar-refractivity contribution in [2.75, 3.05) is 39.3 Å². The van der Waals surface area contributed by atoms with Crippen molar-refractivity contribution in [3.8, 4) is 11.5 Å².